The lowest BCUT2D eigenvalue weighted by Crippen LogP contribution is -2.70. The Balaban J connectivity index is 0.805. The van der Waals surface area contributed by atoms with Gasteiger partial charge in [-0.05, 0) is 95.4 Å². The summed E-state index contributed by atoms with van der Waals surface area (Å²) >= 11 is 0. The van der Waals surface area contributed by atoms with E-state index in [9.17, 15) is 14.4 Å². The predicted octanol–water partition coefficient (Wildman–Crippen LogP) is 4.13. The summed E-state index contributed by atoms with van der Waals surface area (Å²) in [6.45, 7) is 17.7. The summed E-state index contributed by atoms with van der Waals surface area (Å²) in [5, 5.41) is 6.30. The molecule has 1 aliphatic carbocycles. The Morgan fingerprint density at radius 1 is 0.943 bits per heavy atom. The average molecular weight is 738 g/mol. The normalized spacial score (nSPS) is 32.9. The summed E-state index contributed by atoms with van der Waals surface area (Å²) in [5.41, 5.74) is 0.164. The molecule has 6 aliphatic rings. The van der Waals surface area contributed by atoms with E-state index in [0.717, 1.165) is 83.6 Å². The third-order valence-electron chi connectivity index (χ3n) is 12.9. The lowest BCUT2D eigenvalue weighted by molar-refractivity contribution is -0.571. The van der Waals surface area contributed by atoms with Gasteiger partial charge in [-0.2, -0.15) is 0 Å². The minimum Gasteiger partial charge on any atom is -0.422 e. The van der Waals surface area contributed by atoms with Crippen LogP contribution in [-0.2, 0) is 24.0 Å². The highest BCUT2D eigenvalue weighted by atomic mass is 17.3. The number of nitrogens with zero attached hydrogens (tertiary/aromatic N) is 3. The second-order valence-electron chi connectivity index (χ2n) is 16.2. The number of piperazine rings is 1. The van der Waals surface area contributed by atoms with Gasteiger partial charge in [0, 0.05) is 81.8 Å². The molecular weight excluding hydrogens is 678 g/mol. The maximum Gasteiger partial charge on any atom is 0.349 e. The number of benzene rings is 1. The van der Waals surface area contributed by atoms with Gasteiger partial charge < -0.3 is 34.3 Å². The monoisotopic (exact) mass is 737 g/mol. The lowest BCUT2D eigenvalue weighted by Gasteiger charge is -2.60. The van der Waals surface area contributed by atoms with Crippen LogP contribution in [0.5, 0.6) is 0 Å². The van der Waals surface area contributed by atoms with Crippen LogP contribution in [0, 0.1) is 23.7 Å². The van der Waals surface area contributed by atoms with Crippen molar-refractivity contribution in [2.24, 2.45) is 23.7 Å². The van der Waals surface area contributed by atoms with Gasteiger partial charge in [0.25, 0.3) is 5.91 Å². The number of hydrogen-bond donors (Lipinski definition) is 2. The number of carbonyl (C=O) groups excluding carboxylic acids is 2. The number of rotatable bonds is 13. The maximum absolute atomic E-state index is 12.8. The lowest BCUT2D eigenvalue weighted by atomic mass is 9.57. The minimum absolute atomic E-state index is 0.0527. The summed E-state index contributed by atoms with van der Waals surface area (Å²) in [6, 6.07) is 7.21. The van der Waals surface area contributed by atoms with Gasteiger partial charge in [0.1, 0.15) is 11.1 Å². The van der Waals surface area contributed by atoms with Gasteiger partial charge in [0.2, 0.25) is 11.7 Å². The Hall–Kier alpha value is -3.07. The SMILES string of the molecule is CCN(CC)c1ccc2cc(C(=O)NCCNC(=O)CN3CCN(CCC[C@H]4O[C@@H]5OC6(C)CCC7[C@H](C)CC[C@@H]([C@H]4C)C75OO6)CC3)c(=O)oc2c1. The minimum atomic E-state index is -0.746. The Bertz CT molecular complexity index is 1680. The maximum atomic E-state index is 12.8. The van der Waals surface area contributed by atoms with Crippen LogP contribution in [0.15, 0.2) is 33.5 Å². The molecule has 8 rings (SSSR count). The first kappa shape index (κ1) is 38.2. The topological polar surface area (TPSA) is 135 Å². The molecule has 2 N–H and O–H groups in total. The summed E-state index contributed by atoms with van der Waals surface area (Å²) in [7, 11) is 0. The number of ether oxygens (including phenoxy) is 2. The zero-order chi connectivity index (χ0) is 37.3. The van der Waals surface area contributed by atoms with Crippen LogP contribution in [0.3, 0.4) is 0 Å². The van der Waals surface area contributed by atoms with Crippen molar-refractivity contribution < 1.29 is 33.3 Å². The molecule has 5 saturated heterocycles. The van der Waals surface area contributed by atoms with Crippen molar-refractivity contribution >= 4 is 28.5 Å². The van der Waals surface area contributed by atoms with E-state index in [1.807, 2.05) is 25.1 Å². The zero-order valence-corrected chi connectivity index (χ0v) is 32.2. The smallest absolute Gasteiger partial charge is 0.349 e. The molecule has 1 aromatic carbocycles. The van der Waals surface area contributed by atoms with Crippen LogP contribution in [-0.4, -0.2) is 111 Å². The van der Waals surface area contributed by atoms with Crippen LogP contribution in [0.4, 0.5) is 5.69 Å². The highest BCUT2D eigenvalue weighted by Gasteiger charge is 2.69. The first-order chi connectivity index (χ1) is 25.5. The Kier molecular flexibility index (Phi) is 11.5. The molecular formula is C40H59N5O8. The molecule has 0 radical (unpaired) electrons. The van der Waals surface area contributed by atoms with Gasteiger partial charge in [-0.15, -0.1) is 0 Å². The number of nitrogens with one attached hydrogen (secondary N) is 2. The molecule has 13 heteroatoms. The van der Waals surface area contributed by atoms with Gasteiger partial charge in [0.15, 0.2) is 11.9 Å². The second kappa shape index (κ2) is 16.0. The fourth-order valence-corrected chi connectivity index (χ4v) is 9.77. The van der Waals surface area contributed by atoms with Crippen molar-refractivity contribution in [2.45, 2.75) is 96.9 Å². The van der Waals surface area contributed by atoms with Crippen molar-refractivity contribution in [2.75, 3.05) is 70.3 Å². The third kappa shape index (κ3) is 7.75. The summed E-state index contributed by atoms with van der Waals surface area (Å²) in [6.07, 6.45) is 5.97. The van der Waals surface area contributed by atoms with E-state index >= 15 is 0 Å². The third-order valence-corrected chi connectivity index (χ3v) is 12.9. The van der Waals surface area contributed by atoms with Crippen LogP contribution in [0.2, 0.25) is 0 Å². The van der Waals surface area contributed by atoms with E-state index in [0.29, 0.717) is 41.2 Å². The van der Waals surface area contributed by atoms with Crippen LogP contribution < -0.4 is 21.2 Å². The van der Waals surface area contributed by atoms with E-state index in [1.165, 1.54) is 6.42 Å². The summed E-state index contributed by atoms with van der Waals surface area (Å²) in [4.78, 5) is 57.2. The van der Waals surface area contributed by atoms with Crippen LogP contribution >= 0.6 is 0 Å². The molecule has 2 bridgehead atoms. The molecule has 8 atom stereocenters. The van der Waals surface area contributed by atoms with Crippen molar-refractivity contribution in [3.63, 3.8) is 0 Å². The van der Waals surface area contributed by atoms with Crippen LogP contribution in [0.1, 0.15) is 83.5 Å². The van der Waals surface area contributed by atoms with E-state index in [2.05, 4.69) is 53.0 Å². The van der Waals surface area contributed by atoms with Crippen molar-refractivity contribution in [3.05, 3.63) is 40.2 Å². The average Bonchev–Trinajstić information content (AvgIpc) is 3.38. The van der Waals surface area contributed by atoms with E-state index in [1.54, 1.807) is 6.07 Å². The largest absolute Gasteiger partial charge is 0.422 e. The molecule has 53 heavy (non-hydrogen) atoms. The predicted molar refractivity (Wildman–Crippen MR) is 200 cm³/mol. The van der Waals surface area contributed by atoms with Gasteiger partial charge in [-0.1, -0.05) is 13.8 Å². The van der Waals surface area contributed by atoms with Gasteiger partial charge in [-0.25, -0.2) is 14.6 Å². The molecule has 1 saturated carbocycles. The number of amides is 2. The molecule has 6 fully saturated rings. The fraction of sp³-hybridized carbons (Fsp3) is 0.725. The van der Waals surface area contributed by atoms with Gasteiger partial charge in [-0.3, -0.25) is 14.5 Å². The van der Waals surface area contributed by atoms with Crippen molar-refractivity contribution in [1.82, 2.24) is 20.4 Å². The van der Waals surface area contributed by atoms with Crippen LogP contribution in [0.25, 0.3) is 11.0 Å². The molecule has 3 unspecified atom stereocenters. The highest BCUT2D eigenvalue weighted by molar-refractivity contribution is 5.97. The standard InChI is InChI=1S/C40H59N5O8/c1-6-45(7-2)29-12-11-28-23-30(37(48)49-34(28)24-29)36(47)42-17-16-41-35(46)25-44-21-19-43(20-22-44)18-8-9-33-27(4)32-13-10-26(3)31-14-15-39(5)51-38(50-33)40(31,32)53-52-39/h11-12,23-24,26-27,31-33,38H,6-10,13-22,25H2,1-5H3,(H,41,46)(H,42,47)/t26-,27-,31?,32+,33-,38-,39?,40?/m1/s1. The van der Waals surface area contributed by atoms with E-state index in [-0.39, 0.29) is 37.0 Å². The molecule has 2 amide bonds. The fourth-order valence-electron chi connectivity index (χ4n) is 9.77. The Labute approximate surface area is 312 Å². The molecule has 292 valence electrons. The van der Waals surface area contributed by atoms with Crippen molar-refractivity contribution in [3.8, 4) is 0 Å². The molecule has 5 aliphatic heterocycles. The highest BCUT2D eigenvalue weighted by Crippen LogP contribution is 2.60. The zero-order valence-electron chi connectivity index (χ0n) is 32.2. The molecule has 6 heterocycles. The number of hydrogen-bond acceptors (Lipinski definition) is 11. The quantitative estimate of drug-likeness (QED) is 0.175. The summed E-state index contributed by atoms with van der Waals surface area (Å²) < 4.78 is 18.8. The first-order valence-electron chi connectivity index (χ1n) is 20.1. The Morgan fingerprint density at radius 2 is 1.70 bits per heavy atom. The first-order valence-corrected chi connectivity index (χ1v) is 20.1. The van der Waals surface area contributed by atoms with E-state index < -0.39 is 22.9 Å². The number of anilines is 1. The molecule has 1 spiro atoms. The number of fused-ring (bicyclic) bond motifs is 3. The van der Waals surface area contributed by atoms with Crippen molar-refractivity contribution in [1.29, 1.82) is 0 Å². The summed E-state index contributed by atoms with van der Waals surface area (Å²) in [5.74, 6) is 0.322. The molecule has 1 aromatic heterocycles. The second-order valence-corrected chi connectivity index (χ2v) is 16.2. The van der Waals surface area contributed by atoms with Gasteiger partial charge in [0.05, 0.1) is 12.6 Å². The van der Waals surface area contributed by atoms with E-state index in [4.69, 9.17) is 23.7 Å². The van der Waals surface area contributed by atoms with Gasteiger partial charge >= 0.3 is 5.63 Å². The molecule has 13 nitrogen and oxygen atoms in total. The Morgan fingerprint density at radius 3 is 2.47 bits per heavy atom. The number of carbonyl (C=O) groups is 2. The molecule has 2 aromatic rings.